The first-order valence-corrected chi connectivity index (χ1v) is 7.65. The van der Waals surface area contributed by atoms with Gasteiger partial charge in [-0.2, -0.15) is 5.26 Å². The molecule has 21 heavy (non-hydrogen) atoms. The van der Waals surface area contributed by atoms with Gasteiger partial charge in [-0.1, -0.05) is 38.0 Å². The number of imidazole rings is 1. The fourth-order valence-corrected chi connectivity index (χ4v) is 2.82. The van der Waals surface area contributed by atoms with Crippen molar-refractivity contribution in [1.82, 2.24) is 9.97 Å². The van der Waals surface area contributed by atoms with Crippen LogP contribution < -0.4 is 0 Å². The molecule has 0 spiro atoms. The summed E-state index contributed by atoms with van der Waals surface area (Å²) in [5.41, 5.74) is 5.21. The topological polar surface area (TPSA) is 52.5 Å². The Morgan fingerprint density at radius 3 is 2.81 bits per heavy atom. The second-order valence-corrected chi connectivity index (χ2v) is 5.70. The highest BCUT2D eigenvalue weighted by Gasteiger charge is 2.16. The summed E-state index contributed by atoms with van der Waals surface area (Å²) < 4.78 is 0. The number of hydrogen-bond donors (Lipinski definition) is 1. The van der Waals surface area contributed by atoms with Gasteiger partial charge in [0.2, 0.25) is 5.82 Å². The molecule has 1 heterocycles. The van der Waals surface area contributed by atoms with Gasteiger partial charge >= 0.3 is 0 Å². The number of aromatic amines is 1. The molecule has 1 atom stereocenters. The standard InChI is InChI=1S/C18H23N3/c1-4-5-8-15(10-16-12-20-18(11-19)21-16)17-9-6-7-13(2)14(17)3/h6-7,9,12,15H,4-5,8,10H2,1-3H3,(H,20,21). The molecule has 1 aromatic carbocycles. The van der Waals surface area contributed by atoms with E-state index in [9.17, 15) is 0 Å². The highest BCUT2D eigenvalue weighted by atomic mass is 14.9. The predicted molar refractivity (Wildman–Crippen MR) is 85.2 cm³/mol. The average molecular weight is 281 g/mol. The van der Waals surface area contributed by atoms with Crippen molar-refractivity contribution in [3.05, 3.63) is 52.6 Å². The Labute approximate surface area is 127 Å². The summed E-state index contributed by atoms with van der Waals surface area (Å²) in [6.07, 6.45) is 6.30. The number of nitriles is 1. The highest BCUT2D eigenvalue weighted by molar-refractivity contribution is 5.36. The molecule has 0 aliphatic carbocycles. The third-order valence-corrected chi connectivity index (χ3v) is 4.19. The highest BCUT2D eigenvalue weighted by Crippen LogP contribution is 2.29. The van der Waals surface area contributed by atoms with Crippen molar-refractivity contribution in [2.75, 3.05) is 0 Å². The first-order valence-electron chi connectivity index (χ1n) is 7.65. The molecule has 0 aliphatic heterocycles. The summed E-state index contributed by atoms with van der Waals surface area (Å²) in [6, 6.07) is 8.61. The molecule has 1 aromatic heterocycles. The number of hydrogen-bond acceptors (Lipinski definition) is 2. The summed E-state index contributed by atoms with van der Waals surface area (Å²) in [7, 11) is 0. The zero-order chi connectivity index (χ0) is 15.2. The van der Waals surface area contributed by atoms with Gasteiger partial charge < -0.3 is 4.98 Å². The number of unbranched alkanes of at least 4 members (excludes halogenated alkanes) is 1. The summed E-state index contributed by atoms with van der Waals surface area (Å²) in [5.74, 6) is 0.886. The molecule has 0 amide bonds. The van der Waals surface area contributed by atoms with Crippen LogP contribution in [-0.2, 0) is 6.42 Å². The fraction of sp³-hybridized carbons (Fsp3) is 0.444. The molecule has 0 radical (unpaired) electrons. The Morgan fingerprint density at radius 1 is 1.33 bits per heavy atom. The molecule has 1 N–H and O–H groups in total. The van der Waals surface area contributed by atoms with Gasteiger partial charge in [0.1, 0.15) is 6.07 Å². The van der Waals surface area contributed by atoms with Gasteiger partial charge in [-0.25, -0.2) is 4.98 Å². The monoisotopic (exact) mass is 281 g/mol. The van der Waals surface area contributed by atoms with Crippen molar-refractivity contribution < 1.29 is 0 Å². The van der Waals surface area contributed by atoms with Crippen molar-refractivity contribution in [2.45, 2.75) is 52.4 Å². The lowest BCUT2D eigenvalue weighted by molar-refractivity contribution is 0.574. The van der Waals surface area contributed by atoms with Crippen LogP contribution >= 0.6 is 0 Å². The van der Waals surface area contributed by atoms with Gasteiger partial charge in [0.05, 0.1) is 0 Å². The molecule has 0 saturated heterocycles. The first kappa shape index (κ1) is 15.3. The Bertz CT molecular complexity index is 634. The number of rotatable bonds is 6. The summed E-state index contributed by atoms with van der Waals surface area (Å²) >= 11 is 0. The summed E-state index contributed by atoms with van der Waals surface area (Å²) in [5, 5.41) is 8.88. The maximum absolute atomic E-state index is 8.88. The van der Waals surface area contributed by atoms with Crippen molar-refractivity contribution >= 4 is 0 Å². The van der Waals surface area contributed by atoms with E-state index in [1.165, 1.54) is 36.0 Å². The number of H-pyrrole nitrogens is 1. The Hall–Kier alpha value is -2.08. The van der Waals surface area contributed by atoms with Gasteiger partial charge in [0.25, 0.3) is 0 Å². The normalized spacial score (nSPS) is 12.1. The lowest BCUT2D eigenvalue weighted by Crippen LogP contribution is -2.06. The molecule has 0 fully saturated rings. The van der Waals surface area contributed by atoms with E-state index in [4.69, 9.17) is 5.26 Å². The van der Waals surface area contributed by atoms with Gasteiger partial charge in [0, 0.05) is 11.9 Å². The lowest BCUT2D eigenvalue weighted by atomic mass is 9.86. The van der Waals surface area contributed by atoms with E-state index in [0.29, 0.717) is 11.7 Å². The van der Waals surface area contributed by atoms with Crippen LogP contribution in [0.15, 0.2) is 24.4 Å². The van der Waals surface area contributed by atoms with E-state index in [-0.39, 0.29) is 0 Å². The molecular formula is C18H23N3. The van der Waals surface area contributed by atoms with Gasteiger partial charge in [-0.15, -0.1) is 0 Å². The van der Waals surface area contributed by atoms with E-state index in [1.807, 2.05) is 0 Å². The number of benzene rings is 1. The molecule has 3 nitrogen and oxygen atoms in total. The number of aromatic nitrogens is 2. The minimum atomic E-state index is 0.403. The average Bonchev–Trinajstić information content (AvgIpc) is 2.94. The first-order chi connectivity index (χ1) is 10.2. The third kappa shape index (κ3) is 3.72. The predicted octanol–water partition coefficient (Wildman–Crippen LogP) is 4.41. The molecule has 2 rings (SSSR count). The minimum absolute atomic E-state index is 0.403. The van der Waals surface area contributed by atoms with Crippen LogP contribution in [0, 0.1) is 25.2 Å². The second kappa shape index (κ2) is 7.08. The number of nitrogens with one attached hydrogen (secondary N) is 1. The number of aryl methyl sites for hydroxylation is 1. The van der Waals surface area contributed by atoms with Gasteiger partial charge in [-0.05, 0) is 49.3 Å². The van der Waals surface area contributed by atoms with E-state index in [0.717, 1.165) is 12.1 Å². The van der Waals surface area contributed by atoms with Gasteiger partial charge in [-0.3, -0.25) is 0 Å². The van der Waals surface area contributed by atoms with Crippen LogP contribution in [0.5, 0.6) is 0 Å². The summed E-state index contributed by atoms with van der Waals surface area (Å²) in [6.45, 7) is 6.60. The Morgan fingerprint density at radius 2 is 2.14 bits per heavy atom. The maximum Gasteiger partial charge on any atom is 0.210 e. The maximum atomic E-state index is 8.88. The lowest BCUT2D eigenvalue weighted by Gasteiger charge is -2.20. The van der Waals surface area contributed by atoms with Crippen molar-refractivity contribution in [2.24, 2.45) is 0 Å². The SMILES string of the molecule is CCCCC(Cc1cnc(C#N)[nH]1)c1cccc(C)c1C. The van der Waals surface area contributed by atoms with Crippen molar-refractivity contribution in [1.29, 1.82) is 5.26 Å². The van der Waals surface area contributed by atoms with E-state index >= 15 is 0 Å². The van der Waals surface area contributed by atoms with E-state index in [1.54, 1.807) is 6.20 Å². The number of nitrogens with zero attached hydrogens (tertiary/aromatic N) is 2. The van der Waals surface area contributed by atoms with Crippen LogP contribution in [0.25, 0.3) is 0 Å². The van der Waals surface area contributed by atoms with E-state index in [2.05, 4.69) is 55.0 Å². The molecule has 2 aromatic rings. The zero-order valence-electron chi connectivity index (χ0n) is 13.1. The Kier molecular flexibility index (Phi) is 5.16. The molecule has 1 unspecified atom stereocenters. The molecule has 0 saturated carbocycles. The van der Waals surface area contributed by atoms with Crippen molar-refractivity contribution in [3.63, 3.8) is 0 Å². The molecule has 0 aliphatic rings. The largest absolute Gasteiger partial charge is 0.333 e. The van der Waals surface area contributed by atoms with Crippen LogP contribution in [0.2, 0.25) is 0 Å². The molecule has 0 bridgehead atoms. The molecule has 110 valence electrons. The van der Waals surface area contributed by atoms with E-state index < -0.39 is 0 Å². The van der Waals surface area contributed by atoms with Crippen LogP contribution in [0.4, 0.5) is 0 Å². The van der Waals surface area contributed by atoms with Crippen molar-refractivity contribution in [3.8, 4) is 6.07 Å². The van der Waals surface area contributed by atoms with Crippen LogP contribution in [0.1, 0.15) is 60.3 Å². The fourth-order valence-electron chi connectivity index (χ4n) is 2.82. The summed E-state index contributed by atoms with van der Waals surface area (Å²) in [4.78, 5) is 7.19. The van der Waals surface area contributed by atoms with Crippen LogP contribution in [-0.4, -0.2) is 9.97 Å². The molecular weight excluding hydrogens is 258 g/mol. The quantitative estimate of drug-likeness (QED) is 0.852. The Balaban J connectivity index is 2.25. The van der Waals surface area contributed by atoms with Crippen LogP contribution in [0.3, 0.4) is 0 Å². The zero-order valence-corrected chi connectivity index (χ0v) is 13.1. The van der Waals surface area contributed by atoms with Gasteiger partial charge in [0.15, 0.2) is 0 Å². The minimum Gasteiger partial charge on any atom is -0.333 e. The second-order valence-electron chi connectivity index (χ2n) is 5.70. The molecule has 3 heteroatoms. The third-order valence-electron chi connectivity index (χ3n) is 4.19. The smallest absolute Gasteiger partial charge is 0.210 e.